The molecular weight excluding hydrogens is 394 g/mol. The lowest BCUT2D eigenvalue weighted by atomic mass is 10.2. The van der Waals surface area contributed by atoms with Gasteiger partial charge in [-0.05, 0) is 76.2 Å². The number of benzene rings is 2. The molecule has 1 aromatic heterocycles. The summed E-state index contributed by atoms with van der Waals surface area (Å²) in [5, 5.41) is 5.82. The van der Waals surface area contributed by atoms with E-state index < -0.39 is 0 Å². The van der Waals surface area contributed by atoms with Crippen molar-refractivity contribution in [1.82, 2.24) is 9.88 Å². The Bertz CT molecular complexity index is 1020. The average molecular weight is 422 g/mol. The van der Waals surface area contributed by atoms with Crippen molar-refractivity contribution in [1.29, 1.82) is 0 Å². The van der Waals surface area contributed by atoms with Crippen LogP contribution in [0.2, 0.25) is 0 Å². The van der Waals surface area contributed by atoms with Gasteiger partial charge >= 0.3 is 0 Å². The fourth-order valence-corrected chi connectivity index (χ4v) is 4.12. The molecule has 2 aromatic carbocycles. The van der Waals surface area contributed by atoms with Crippen molar-refractivity contribution in [2.75, 3.05) is 11.1 Å². The molecule has 6 heteroatoms. The molecule has 0 bridgehead atoms. The Kier molecular flexibility index (Phi) is 7.00. The molecule has 30 heavy (non-hydrogen) atoms. The van der Waals surface area contributed by atoms with Crippen molar-refractivity contribution < 1.29 is 9.59 Å². The summed E-state index contributed by atoms with van der Waals surface area (Å²) >= 11 is 1.36. The number of anilines is 1. The second-order valence-corrected chi connectivity index (χ2v) is 8.48. The molecule has 0 aliphatic rings. The van der Waals surface area contributed by atoms with E-state index in [0.717, 1.165) is 27.7 Å². The number of carbonyl (C=O) groups is 2. The average Bonchev–Trinajstić information content (AvgIpc) is 3.05. The summed E-state index contributed by atoms with van der Waals surface area (Å²) < 4.78 is 2.17. The molecule has 0 fully saturated rings. The molecule has 2 amide bonds. The van der Waals surface area contributed by atoms with E-state index in [4.69, 9.17) is 0 Å². The lowest BCUT2D eigenvalue weighted by Gasteiger charge is -2.13. The molecule has 1 heterocycles. The molecule has 2 N–H and O–H groups in total. The third kappa shape index (κ3) is 5.33. The van der Waals surface area contributed by atoms with Gasteiger partial charge in [-0.15, -0.1) is 11.8 Å². The predicted molar refractivity (Wildman–Crippen MR) is 124 cm³/mol. The Morgan fingerprint density at radius 2 is 1.57 bits per heavy atom. The van der Waals surface area contributed by atoms with Gasteiger partial charge in [0.25, 0.3) is 5.91 Å². The molecule has 3 aromatic rings. The first-order valence-corrected chi connectivity index (χ1v) is 10.9. The predicted octanol–water partition coefficient (Wildman–Crippen LogP) is 4.96. The SMILES string of the molecule is Cc1ccc(C)n1-c1ccc(NC(=O)c2ccccc2SCC(=O)NC(C)C)cc1. The van der Waals surface area contributed by atoms with Gasteiger partial charge in [0.1, 0.15) is 0 Å². The maximum Gasteiger partial charge on any atom is 0.256 e. The molecule has 0 aliphatic heterocycles. The summed E-state index contributed by atoms with van der Waals surface area (Å²) in [6.45, 7) is 7.99. The molecule has 0 aliphatic carbocycles. The molecule has 5 nitrogen and oxygen atoms in total. The molecule has 3 rings (SSSR count). The van der Waals surface area contributed by atoms with Gasteiger partial charge < -0.3 is 15.2 Å². The summed E-state index contributed by atoms with van der Waals surface area (Å²) in [5.41, 5.74) is 4.66. The van der Waals surface area contributed by atoms with E-state index in [1.807, 2.05) is 56.3 Å². The van der Waals surface area contributed by atoms with Crippen molar-refractivity contribution in [2.45, 2.75) is 38.6 Å². The van der Waals surface area contributed by atoms with E-state index in [0.29, 0.717) is 5.56 Å². The lowest BCUT2D eigenvalue weighted by Crippen LogP contribution is -2.31. The zero-order valence-corrected chi connectivity index (χ0v) is 18.5. The first-order chi connectivity index (χ1) is 14.3. The summed E-state index contributed by atoms with van der Waals surface area (Å²) in [7, 11) is 0. The molecule has 0 unspecified atom stereocenters. The quantitative estimate of drug-likeness (QED) is 0.530. The Hall–Kier alpha value is -2.99. The fraction of sp³-hybridized carbons (Fsp3) is 0.250. The molecular formula is C24H27N3O2S. The van der Waals surface area contributed by atoms with Crippen LogP contribution in [0, 0.1) is 13.8 Å². The first-order valence-electron chi connectivity index (χ1n) is 9.93. The van der Waals surface area contributed by atoms with Crippen molar-refractivity contribution in [3.63, 3.8) is 0 Å². The van der Waals surface area contributed by atoms with Gasteiger partial charge in [-0.25, -0.2) is 0 Å². The third-order valence-electron chi connectivity index (χ3n) is 4.59. The van der Waals surface area contributed by atoms with Crippen LogP contribution in [-0.4, -0.2) is 28.2 Å². The smallest absolute Gasteiger partial charge is 0.256 e. The van der Waals surface area contributed by atoms with E-state index in [-0.39, 0.29) is 23.6 Å². The monoisotopic (exact) mass is 421 g/mol. The number of nitrogens with one attached hydrogen (secondary N) is 2. The van der Waals surface area contributed by atoms with Crippen LogP contribution in [0.15, 0.2) is 65.6 Å². The van der Waals surface area contributed by atoms with Gasteiger partial charge in [0, 0.05) is 33.7 Å². The van der Waals surface area contributed by atoms with Crippen LogP contribution in [0.1, 0.15) is 35.6 Å². The Balaban J connectivity index is 1.70. The van der Waals surface area contributed by atoms with Gasteiger partial charge in [0.15, 0.2) is 0 Å². The number of hydrogen-bond donors (Lipinski definition) is 2. The Labute approximate surface area is 181 Å². The molecule has 0 saturated heterocycles. The zero-order valence-electron chi connectivity index (χ0n) is 17.7. The van der Waals surface area contributed by atoms with Gasteiger partial charge in [-0.2, -0.15) is 0 Å². The lowest BCUT2D eigenvalue weighted by molar-refractivity contribution is -0.119. The Morgan fingerprint density at radius 3 is 2.20 bits per heavy atom. The van der Waals surface area contributed by atoms with E-state index in [1.54, 1.807) is 6.07 Å². The maximum atomic E-state index is 12.8. The molecule has 0 saturated carbocycles. The van der Waals surface area contributed by atoms with Crippen LogP contribution in [-0.2, 0) is 4.79 Å². The van der Waals surface area contributed by atoms with Gasteiger partial charge in [-0.3, -0.25) is 9.59 Å². The van der Waals surface area contributed by atoms with Gasteiger partial charge in [-0.1, -0.05) is 12.1 Å². The van der Waals surface area contributed by atoms with Crippen LogP contribution in [0.25, 0.3) is 5.69 Å². The van der Waals surface area contributed by atoms with Crippen LogP contribution in [0.4, 0.5) is 5.69 Å². The number of thioether (sulfide) groups is 1. The van der Waals surface area contributed by atoms with Crippen LogP contribution in [0.3, 0.4) is 0 Å². The summed E-state index contributed by atoms with van der Waals surface area (Å²) in [4.78, 5) is 25.6. The number of carbonyl (C=O) groups excluding carboxylic acids is 2. The molecule has 0 atom stereocenters. The minimum atomic E-state index is -0.191. The standard InChI is InChI=1S/C24H27N3O2S/c1-16(2)25-23(28)15-30-22-8-6-5-7-21(22)24(29)26-19-11-13-20(14-12-19)27-17(3)9-10-18(27)4/h5-14,16H,15H2,1-4H3,(H,25,28)(H,26,29). The second-order valence-electron chi connectivity index (χ2n) is 7.46. The van der Waals surface area contributed by atoms with Crippen molar-refractivity contribution in [3.8, 4) is 5.69 Å². The highest BCUT2D eigenvalue weighted by Crippen LogP contribution is 2.24. The first kappa shape index (κ1) is 21.7. The summed E-state index contributed by atoms with van der Waals surface area (Å²) in [5.74, 6) is 0.0343. The third-order valence-corrected chi connectivity index (χ3v) is 5.67. The number of nitrogens with zero attached hydrogens (tertiary/aromatic N) is 1. The van der Waals surface area contributed by atoms with Crippen LogP contribution >= 0.6 is 11.8 Å². The van der Waals surface area contributed by atoms with Crippen LogP contribution in [0.5, 0.6) is 0 Å². The zero-order chi connectivity index (χ0) is 21.7. The topological polar surface area (TPSA) is 63.1 Å². The summed E-state index contributed by atoms with van der Waals surface area (Å²) in [6.07, 6.45) is 0. The van der Waals surface area contributed by atoms with Crippen molar-refractivity contribution in [2.24, 2.45) is 0 Å². The van der Waals surface area contributed by atoms with E-state index in [2.05, 4.69) is 41.2 Å². The number of amides is 2. The molecule has 0 spiro atoms. The normalized spacial score (nSPS) is 10.8. The summed E-state index contributed by atoms with van der Waals surface area (Å²) in [6, 6.07) is 19.4. The van der Waals surface area contributed by atoms with Gasteiger partial charge in [0.2, 0.25) is 5.91 Å². The molecule has 0 radical (unpaired) electrons. The van der Waals surface area contributed by atoms with Crippen molar-refractivity contribution >= 4 is 29.3 Å². The number of aryl methyl sites for hydroxylation is 2. The number of aromatic nitrogens is 1. The van der Waals surface area contributed by atoms with Crippen molar-refractivity contribution in [3.05, 3.63) is 77.6 Å². The number of rotatable bonds is 7. The second kappa shape index (κ2) is 9.67. The van der Waals surface area contributed by atoms with E-state index in [9.17, 15) is 9.59 Å². The van der Waals surface area contributed by atoms with Gasteiger partial charge in [0.05, 0.1) is 11.3 Å². The highest BCUT2D eigenvalue weighted by molar-refractivity contribution is 8.00. The number of hydrogen-bond acceptors (Lipinski definition) is 3. The van der Waals surface area contributed by atoms with E-state index in [1.165, 1.54) is 11.8 Å². The highest BCUT2D eigenvalue weighted by atomic mass is 32.2. The minimum absolute atomic E-state index is 0.0450. The molecule has 156 valence electrons. The largest absolute Gasteiger partial charge is 0.353 e. The fourth-order valence-electron chi connectivity index (χ4n) is 3.26. The Morgan fingerprint density at radius 1 is 0.933 bits per heavy atom. The van der Waals surface area contributed by atoms with Crippen LogP contribution < -0.4 is 10.6 Å². The maximum absolute atomic E-state index is 12.8. The minimum Gasteiger partial charge on any atom is -0.353 e. The van der Waals surface area contributed by atoms with E-state index >= 15 is 0 Å². The highest BCUT2D eigenvalue weighted by Gasteiger charge is 2.14.